The molecule has 0 spiro atoms. The number of aryl methyl sites for hydroxylation is 1. The first-order valence-electron chi connectivity index (χ1n) is 8.89. The Morgan fingerprint density at radius 1 is 1.12 bits per heavy atom. The summed E-state index contributed by atoms with van der Waals surface area (Å²) in [6.07, 6.45) is 6.77. The van der Waals surface area contributed by atoms with Gasteiger partial charge in [-0.05, 0) is 38.3 Å². The Hall–Kier alpha value is -2.41. The number of carbonyl (C=O) groups excluding carboxylic acids is 1. The molecule has 26 heavy (non-hydrogen) atoms. The number of likely N-dealkylation sites (tertiary alicyclic amines) is 1. The lowest BCUT2D eigenvalue weighted by Gasteiger charge is -2.26. The van der Waals surface area contributed by atoms with Crippen LogP contribution in [-0.4, -0.2) is 49.4 Å². The van der Waals surface area contributed by atoms with E-state index >= 15 is 0 Å². The van der Waals surface area contributed by atoms with E-state index in [1.165, 1.54) is 23.7 Å². The Morgan fingerprint density at radius 2 is 1.88 bits per heavy atom. The molecule has 1 aliphatic rings. The average Bonchev–Trinajstić information content (AvgIpc) is 3.12. The zero-order chi connectivity index (χ0) is 17.9. The van der Waals surface area contributed by atoms with Gasteiger partial charge in [0.25, 0.3) is 0 Å². The molecule has 3 aromatic rings. The molecule has 4 rings (SSSR count). The third-order valence-electron chi connectivity index (χ3n) is 4.65. The van der Waals surface area contributed by atoms with Crippen LogP contribution in [0.5, 0.6) is 0 Å². The van der Waals surface area contributed by atoms with Crippen molar-refractivity contribution in [1.29, 1.82) is 0 Å². The Bertz CT molecular complexity index is 915. The van der Waals surface area contributed by atoms with Crippen molar-refractivity contribution in [3.05, 3.63) is 42.4 Å². The van der Waals surface area contributed by atoms with Crippen molar-refractivity contribution in [1.82, 2.24) is 24.6 Å². The number of hydrogen-bond donors (Lipinski definition) is 0. The SMILES string of the molecule is Cc1ccc(-n2ncc3c(SCC(=O)N4CCCCC4)ncnc32)cc1. The fourth-order valence-electron chi connectivity index (χ4n) is 3.18. The van der Waals surface area contributed by atoms with E-state index in [0.29, 0.717) is 5.75 Å². The van der Waals surface area contributed by atoms with E-state index in [9.17, 15) is 4.79 Å². The van der Waals surface area contributed by atoms with Gasteiger partial charge in [-0.2, -0.15) is 5.10 Å². The number of thioether (sulfide) groups is 1. The maximum atomic E-state index is 12.4. The molecule has 1 aromatic carbocycles. The van der Waals surface area contributed by atoms with Crippen LogP contribution in [0.4, 0.5) is 0 Å². The molecule has 1 fully saturated rings. The summed E-state index contributed by atoms with van der Waals surface area (Å²) in [5.41, 5.74) is 2.92. The zero-order valence-electron chi connectivity index (χ0n) is 14.8. The van der Waals surface area contributed by atoms with Crippen molar-refractivity contribution < 1.29 is 4.79 Å². The van der Waals surface area contributed by atoms with Crippen LogP contribution in [0.3, 0.4) is 0 Å². The highest BCUT2D eigenvalue weighted by Gasteiger charge is 2.18. The fourth-order valence-corrected chi connectivity index (χ4v) is 4.04. The normalized spacial score (nSPS) is 14.7. The summed E-state index contributed by atoms with van der Waals surface area (Å²) in [4.78, 5) is 23.1. The number of rotatable bonds is 4. The molecule has 6 nitrogen and oxygen atoms in total. The molecule has 1 saturated heterocycles. The van der Waals surface area contributed by atoms with Crippen molar-refractivity contribution in [2.24, 2.45) is 0 Å². The molecule has 7 heteroatoms. The Balaban J connectivity index is 1.55. The highest BCUT2D eigenvalue weighted by atomic mass is 32.2. The number of nitrogens with zero attached hydrogens (tertiary/aromatic N) is 5. The lowest BCUT2D eigenvalue weighted by molar-refractivity contribution is -0.129. The number of hydrogen-bond acceptors (Lipinski definition) is 5. The van der Waals surface area contributed by atoms with E-state index in [-0.39, 0.29) is 5.91 Å². The number of benzene rings is 1. The number of piperidine rings is 1. The first-order chi connectivity index (χ1) is 12.7. The summed E-state index contributed by atoms with van der Waals surface area (Å²) in [6, 6.07) is 8.15. The minimum absolute atomic E-state index is 0.187. The van der Waals surface area contributed by atoms with E-state index in [1.54, 1.807) is 12.5 Å². The second-order valence-electron chi connectivity index (χ2n) is 6.54. The summed E-state index contributed by atoms with van der Waals surface area (Å²) >= 11 is 1.47. The van der Waals surface area contributed by atoms with E-state index < -0.39 is 0 Å². The van der Waals surface area contributed by atoms with E-state index in [4.69, 9.17) is 0 Å². The van der Waals surface area contributed by atoms with Crippen LogP contribution in [0.15, 0.2) is 41.8 Å². The van der Waals surface area contributed by atoms with Crippen LogP contribution in [0.25, 0.3) is 16.7 Å². The summed E-state index contributed by atoms with van der Waals surface area (Å²) in [5, 5.41) is 6.16. The first kappa shape index (κ1) is 17.0. The van der Waals surface area contributed by atoms with Gasteiger partial charge in [-0.15, -0.1) is 0 Å². The van der Waals surface area contributed by atoms with Gasteiger partial charge in [0.1, 0.15) is 11.4 Å². The summed E-state index contributed by atoms with van der Waals surface area (Å²) in [5.74, 6) is 0.592. The van der Waals surface area contributed by atoms with Crippen LogP contribution in [-0.2, 0) is 4.79 Å². The zero-order valence-corrected chi connectivity index (χ0v) is 15.6. The van der Waals surface area contributed by atoms with Gasteiger partial charge in [0, 0.05) is 13.1 Å². The molecule has 0 bridgehead atoms. The highest BCUT2D eigenvalue weighted by Crippen LogP contribution is 2.26. The monoisotopic (exact) mass is 367 g/mol. The summed E-state index contributed by atoms with van der Waals surface area (Å²) in [6.45, 7) is 3.81. The molecular weight excluding hydrogens is 346 g/mol. The topological polar surface area (TPSA) is 63.9 Å². The van der Waals surface area contributed by atoms with E-state index in [2.05, 4.69) is 34.1 Å². The van der Waals surface area contributed by atoms with Crippen molar-refractivity contribution >= 4 is 28.7 Å². The molecule has 0 saturated carbocycles. The molecule has 1 aliphatic heterocycles. The van der Waals surface area contributed by atoms with Crippen LogP contribution in [0, 0.1) is 6.92 Å². The van der Waals surface area contributed by atoms with Gasteiger partial charge in [0.05, 0.1) is 23.0 Å². The minimum atomic E-state index is 0.187. The molecule has 0 radical (unpaired) electrons. The molecule has 134 valence electrons. The van der Waals surface area contributed by atoms with Gasteiger partial charge in [-0.1, -0.05) is 29.5 Å². The molecule has 0 unspecified atom stereocenters. The van der Waals surface area contributed by atoms with Crippen LogP contribution in [0.2, 0.25) is 0 Å². The fraction of sp³-hybridized carbons (Fsp3) is 0.368. The molecular formula is C19H21N5OS. The van der Waals surface area contributed by atoms with Gasteiger partial charge in [-0.25, -0.2) is 14.6 Å². The third kappa shape index (κ3) is 3.44. The van der Waals surface area contributed by atoms with Crippen molar-refractivity contribution in [3.63, 3.8) is 0 Å². The molecule has 3 heterocycles. The Kier molecular flexibility index (Phi) is 4.88. The number of amides is 1. The minimum Gasteiger partial charge on any atom is -0.342 e. The lowest BCUT2D eigenvalue weighted by atomic mass is 10.1. The molecule has 0 aliphatic carbocycles. The Morgan fingerprint density at radius 3 is 2.65 bits per heavy atom. The standard InChI is InChI=1S/C19H21N5OS/c1-14-5-7-15(8-6-14)24-18-16(11-22-24)19(21-13-20-18)26-12-17(25)23-9-3-2-4-10-23/h5-8,11,13H,2-4,9-10,12H2,1H3. The molecule has 2 aromatic heterocycles. The van der Waals surface area contributed by atoms with Crippen molar-refractivity contribution in [2.45, 2.75) is 31.2 Å². The van der Waals surface area contributed by atoms with E-state index in [1.807, 2.05) is 21.7 Å². The van der Waals surface area contributed by atoms with Gasteiger partial charge in [0.15, 0.2) is 5.65 Å². The lowest BCUT2D eigenvalue weighted by Crippen LogP contribution is -2.36. The second-order valence-corrected chi connectivity index (χ2v) is 7.50. The maximum absolute atomic E-state index is 12.4. The highest BCUT2D eigenvalue weighted by molar-refractivity contribution is 8.00. The smallest absolute Gasteiger partial charge is 0.232 e. The van der Waals surface area contributed by atoms with Crippen LogP contribution in [0.1, 0.15) is 24.8 Å². The third-order valence-corrected chi connectivity index (χ3v) is 5.64. The molecule has 0 N–H and O–H groups in total. The van der Waals surface area contributed by atoms with Gasteiger partial charge in [0.2, 0.25) is 5.91 Å². The predicted octanol–water partition coefficient (Wildman–Crippen LogP) is 3.23. The number of carbonyl (C=O) groups is 1. The van der Waals surface area contributed by atoms with Crippen LogP contribution >= 0.6 is 11.8 Å². The quantitative estimate of drug-likeness (QED) is 0.523. The summed E-state index contributed by atoms with van der Waals surface area (Å²) in [7, 11) is 0. The molecule has 1 amide bonds. The Labute approximate surface area is 156 Å². The van der Waals surface area contributed by atoms with Gasteiger partial charge >= 0.3 is 0 Å². The van der Waals surface area contributed by atoms with Crippen molar-refractivity contribution in [2.75, 3.05) is 18.8 Å². The predicted molar refractivity (Wildman–Crippen MR) is 103 cm³/mol. The van der Waals surface area contributed by atoms with Gasteiger partial charge < -0.3 is 4.90 Å². The van der Waals surface area contributed by atoms with Crippen LogP contribution < -0.4 is 0 Å². The molecule has 0 atom stereocenters. The average molecular weight is 367 g/mol. The van der Waals surface area contributed by atoms with E-state index in [0.717, 1.165) is 47.7 Å². The number of aromatic nitrogens is 4. The first-order valence-corrected chi connectivity index (χ1v) is 9.87. The largest absolute Gasteiger partial charge is 0.342 e. The van der Waals surface area contributed by atoms with Gasteiger partial charge in [-0.3, -0.25) is 4.79 Å². The number of fused-ring (bicyclic) bond motifs is 1. The summed E-state index contributed by atoms with van der Waals surface area (Å²) < 4.78 is 1.81. The maximum Gasteiger partial charge on any atom is 0.232 e. The van der Waals surface area contributed by atoms with Crippen molar-refractivity contribution in [3.8, 4) is 5.69 Å². The second kappa shape index (κ2) is 7.45.